The van der Waals surface area contributed by atoms with Crippen LogP contribution >= 0.6 is 0 Å². The molecule has 0 aliphatic carbocycles. The van der Waals surface area contributed by atoms with Crippen LogP contribution in [0.4, 0.5) is 4.39 Å². The summed E-state index contributed by atoms with van der Waals surface area (Å²) in [5.74, 6) is 1.64. The summed E-state index contributed by atoms with van der Waals surface area (Å²) in [6.07, 6.45) is 0. The predicted molar refractivity (Wildman–Crippen MR) is 90.9 cm³/mol. The third kappa shape index (κ3) is 2.60. The standard InChI is InChI=1S/C18H12FN5O3/c1-10-16(21-23-24(10)13-5-3-12(19)4-6-13)17-20-18(27-22-17)11-2-7-14-15(8-11)26-9-25-14/h2-8H,9H2,1H3. The van der Waals surface area contributed by atoms with E-state index in [2.05, 4.69) is 20.5 Å². The number of fused-ring (bicyclic) bond motifs is 1. The van der Waals surface area contributed by atoms with Gasteiger partial charge in [-0.15, -0.1) is 5.10 Å². The van der Waals surface area contributed by atoms with Crippen LogP contribution in [0.3, 0.4) is 0 Å². The summed E-state index contributed by atoms with van der Waals surface area (Å²) in [5, 5.41) is 12.3. The molecule has 0 atom stereocenters. The van der Waals surface area contributed by atoms with Gasteiger partial charge in [-0.05, 0) is 49.4 Å². The first-order valence-corrected chi connectivity index (χ1v) is 8.11. The Labute approximate surface area is 152 Å². The highest BCUT2D eigenvalue weighted by atomic mass is 19.1. The molecule has 0 saturated carbocycles. The number of halogens is 1. The molecule has 0 N–H and O–H groups in total. The first-order chi connectivity index (χ1) is 13.2. The van der Waals surface area contributed by atoms with Crippen LogP contribution in [0.5, 0.6) is 11.5 Å². The Balaban J connectivity index is 1.49. The molecule has 5 rings (SSSR count). The zero-order valence-corrected chi connectivity index (χ0v) is 14.1. The van der Waals surface area contributed by atoms with Gasteiger partial charge in [0.2, 0.25) is 12.6 Å². The van der Waals surface area contributed by atoms with Gasteiger partial charge in [0, 0.05) is 5.56 Å². The van der Waals surface area contributed by atoms with Crippen LogP contribution < -0.4 is 9.47 Å². The Hall–Kier alpha value is -3.75. The highest BCUT2D eigenvalue weighted by molar-refractivity contribution is 5.63. The van der Waals surface area contributed by atoms with E-state index in [1.807, 2.05) is 13.0 Å². The summed E-state index contributed by atoms with van der Waals surface area (Å²) < 4.78 is 30.7. The summed E-state index contributed by atoms with van der Waals surface area (Å²) in [7, 11) is 0. The lowest BCUT2D eigenvalue weighted by Crippen LogP contribution is -1.99. The topological polar surface area (TPSA) is 88.1 Å². The average Bonchev–Trinajstić information content (AvgIpc) is 3.41. The second kappa shape index (κ2) is 5.90. The molecule has 1 aliphatic heterocycles. The third-order valence-corrected chi connectivity index (χ3v) is 4.22. The minimum Gasteiger partial charge on any atom is -0.454 e. The Kier molecular flexibility index (Phi) is 3.39. The van der Waals surface area contributed by atoms with E-state index in [1.165, 1.54) is 12.1 Å². The minimum atomic E-state index is -0.316. The molecule has 2 aromatic carbocycles. The molecule has 3 heterocycles. The second-order valence-corrected chi connectivity index (χ2v) is 5.90. The van der Waals surface area contributed by atoms with E-state index in [1.54, 1.807) is 28.9 Å². The summed E-state index contributed by atoms with van der Waals surface area (Å²) in [5.41, 5.74) is 2.59. The van der Waals surface area contributed by atoms with Crippen molar-refractivity contribution in [2.24, 2.45) is 0 Å². The van der Waals surface area contributed by atoms with Crippen LogP contribution in [0.2, 0.25) is 0 Å². The fourth-order valence-electron chi connectivity index (χ4n) is 2.83. The van der Waals surface area contributed by atoms with Crippen LogP contribution in [0.25, 0.3) is 28.7 Å². The zero-order chi connectivity index (χ0) is 18.4. The van der Waals surface area contributed by atoms with Crippen LogP contribution in [0.15, 0.2) is 47.0 Å². The van der Waals surface area contributed by atoms with E-state index in [4.69, 9.17) is 14.0 Å². The quantitative estimate of drug-likeness (QED) is 0.551. The van der Waals surface area contributed by atoms with Crippen LogP contribution in [0, 0.1) is 12.7 Å². The maximum Gasteiger partial charge on any atom is 0.258 e. The first kappa shape index (κ1) is 15.5. The average molecular weight is 365 g/mol. The lowest BCUT2D eigenvalue weighted by atomic mass is 10.2. The van der Waals surface area contributed by atoms with Crippen molar-refractivity contribution in [1.29, 1.82) is 0 Å². The number of hydrogen-bond acceptors (Lipinski definition) is 7. The fourth-order valence-corrected chi connectivity index (χ4v) is 2.83. The summed E-state index contributed by atoms with van der Waals surface area (Å²) in [6.45, 7) is 2.02. The van der Waals surface area contributed by atoms with E-state index in [-0.39, 0.29) is 12.6 Å². The van der Waals surface area contributed by atoms with E-state index in [9.17, 15) is 4.39 Å². The van der Waals surface area contributed by atoms with Gasteiger partial charge in [-0.2, -0.15) is 4.98 Å². The van der Waals surface area contributed by atoms with Crippen molar-refractivity contribution in [1.82, 2.24) is 25.1 Å². The zero-order valence-electron chi connectivity index (χ0n) is 14.1. The predicted octanol–water partition coefficient (Wildman–Crippen LogP) is 3.16. The summed E-state index contributed by atoms with van der Waals surface area (Å²) in [6, 6.07) is 11.3. The summed E-state index contributed by atoms with van der Waals surface area (Å²) in [4.78, 5) is 4.41. The van der Waals surface area contributed by atoms with E-state index in [0.717, 1.165) is 0 Å². The SMILES string of the molecule is Cc1c(-c2noc(-c3ccc4c(c3)OCO4)n2)nnn1-c1ccc(F)cc1. The van der Waals surface area contributed by atoms with Gasteiger partial charge >= 0.3 is 0 Å². The highest BCUT2D eigenvalue weighted by Crippen LogP contribution is 2.35. The minimum absolute atomic E-state index is 0.194. The highest BCUT2D eigenvalue weighted by Gasteiger charge is 2.20. The number of hydrogen-bond donors (Lipinski definition) is 0. The van der Waals surface area contributed by atoms with E-state index >= 15 is 0 Å². The lowest BCUT2D eigenvalue weighted by molar-refractivity contribution is 0.174. The van der Waals surface area contributed by atoms with Crippen LogP contribution in [-0.4, -0.2) is 31.9 Å². The van der Waals surface area contributed by atoms with Gasteiger partial charge in [0.25, 0.3) is 5.89 Å². The Bertz CT molecular complexity index is 1140. The fraction of sp³-hybridized carbons (Fsp3) is 0.111. The largest absolute Gasteiger partial charge is 0.454 e. The maximum atomic E-state index is 13.1. The molecule has 0 radical (unpaired) electrons. The molecule has 0 saturated heterocycles. The van der Waals surface area contributed by atoms with Crippen LogP contribution in [-0.2, 0) is 0 Å². The number of rotatable bonds is 3. The van der Waals surface area contributed by atoms with Gasteiger partial charge in [-0.1, -0.05) is 10.4 Å². The monoisotopic (exact) mass is 365 g/mol. The summed E-state index contributed by atoms with van der Waals surface area (Å²) >= 11 is 0. The van der Waals surface area contributed by atoms with Crippen molar-refractivity contribution in [3.8, 4) is 40.2 Å². The Morgan fingerprint density at radius 3 is 2.70 bits per heavy atom. The van der Waals surface area contributed by atoms with Gasteiger partial charge in [0.05, 0.1) is 11.4 Å². The molecule has 0 bridgehead atoms. The maximum absolute atomic E-state index is 13.1. The molecule has 9 heteroatoms. The number of aromatic nitrogens is 5. The molecule has 134 valence electrons. The third-order valence-electron chi connectivity index (χ3n) is 4.22. The van der Waals surface area contributed by atoms with Gasteiger partial charge in [-0.3, -0.25) is 0 Å². The molecular formula is C18H12FN5O3. The van der Waals surface area contributed by atoms with E-state index < -0.39 is 0 Å². The van der Waals surface area contributed by atoms with Gasteiger partial charge in [0.15, 0.2) is 17.2 Å². The molecule has 0 fully saturated rings. The van der Waals surface area contributed by atoms with Crippen molar-refractivity contribution in [2.75, 3.05) is 6.79 Å². The molecule has 0 unspecified atom stereocenters. The van der Waals surface area contributed by atoms with Gasteiger partial charge in [0.1, 0.15) is 5.82 Å². The van der Waals surface area contributed by atoms with Crippen LogP contribution in [0.1, 0.15) is 5.69 Å². The molecular weight excluding hydrogens is 353 g/mol. The molecule has 2 aromatic heterocycles. The van der Waals surface area contributed by atoms with Crippen molar-refractivity contribution in [2.45, 2.75) is 6.92 Å². The van der Waals surface area contributed by atoms with E-state index in [0.29, 0.717) is 45.9 Å². The first-order valence-electron chi connectivity index (χ1n) is 8.11. The molecule has 8 nitrogen and oxygen atoms in total. The van der Waals surface area contributed by atoms with Gasteiger partial charge < -0.3 is 14.0 Å². The van der Waals surface area contributed by atoms with Gasteiger partial charge in [-0.25, -0.2) is 9.07 Å². The van der Waals surface area contributed by atoms with Crippen molar-refractivity contribution < 1.29 is 18.4 Å². The van der Waals surface area contributed by atoms with Crippen molar-refractivity contribution in [3.63, 3.8) is 0 Å². The second-order valence-electron chi connectivity index (χ2n) is 5.90. The molecule has 0 spiro atoms. The number of ether oxygens (including phenoxy) is 2. The molecule has 27 heavy (non-hydrogen) atoms. The van der Waals surface area contributed by atoms with Crippen molar-refractivity contribution >= 4 is 0 Å². The Morgan fingerprint density at radius 1 is 1.04 bits per heavy atom. The molecule has 1 aliphatic rings. The Morgan fingerprint density at radius 2 is 1.85 bits per heavy atom. The smallest absolute Gasteiger partial charge is 0.258 e. The number of benzene rings is 2. The molecule has 4 aromatic rings. The molecule has 0 amide bonds. The number of nitrogens with zero attached hydrogens (tertiary/aromatic N) is 5. The normalized spacial score (nSPS) is 12.5. The van der Waals surface area contributed by atoms with Crippen molar-refractivity contribution in [3.05, 3.63) is 54.0 Å². The lowest BCUT2D eigenvalue weighted by Gasteiger charge is -2.02.